The Kier molecular flexibility index (Phi) is 3.65. The third-order valence-corrected chi connectivity index (χ3v) is 3.79. The number of aliphatic carboxylic acids is 1. The van der Waals surface area contributed by atoms with Crippen molar-refractivity contribution in [2.75, 3.05) is 6.54 Å². The van der Waals surface area contributed by atoms with Crippen LogP contribution in [0.2, 0.25) is 0 Å². The summed E-state index contributed by atoms with van der Waals surface area (Å²) in [6.07, 6.45) is 1.09. The molecule has 1 N–H and O–H groups in total. The molecule has 18 heavy (non-hydrogen) atoms. The standard InChI is InChI=1S/C12H11BrFNO3/c13-10-7(3-1-4-8(10)14)11(16)15-6-2-5-9(15)12(17)18/h1,3-4,9H,2,5-6H2,(H,17,18). The summed E-state index contributed by atoms with van der Waals surface area (Å²) < 4.78 is 13.4. The first kappa shape index (κ1) is 13.0. The van der Waals surface area contributed by atoms with Gasteiger partial charge < -0.3 is 10.0 Å². The molecule has 1 aliphatic rings. The minimum atomic E-state index is -1.02. The lowest BCUT2D eigenvalue weighted by Crippen LogP contribution is -2.40. The van der Waals surface area contributed by atoms with Crippen molar-refractivity contribution in [3.8, 4) is 0 Å². The quantitative estimate of drug-likeness (QED) is 0.911. The summed E-state index contributed by atoms with van der Waals surface area (Å²) in [5.41, 5.74) is 0.156. The van der Waals surface area contributed by atoms with E-state index in [1.165, 1.54) is 23.1 Å². The molecule has 4 nitrogen and oxygen atoms in total. The number of nitrogens with zero attached hydrogens (tertiary/aromatic N) is 1. The van der Waals surface area contributed by atoms with Gasteiger partial charge in [0.15, 0.2) is 0 Å². The summed E-state index contributed by atoms with van der Waals surface area (Å²) in [6, 6.07) is 3.33. The third-order valence-electron chi connectivity index (χ3n) is 2.98. The highest BCUT2D eigenvalue weighted by atomic mass is 79.9. The Balaban J connectivity index is 2.31. The van der Waals surface area contributed by atoms with Gasteiger partial charge in [-0.2, -0.15) is 0 Å². The Morgan fingerprint density at radius 1 is 1.44 bits per heavy atom. The largest absolute Gasteiger partial charge is 0.480 e. The van der Waals surface area contributed by atoms with Gasteiger partial charge in [0.25, 0.3) is 5.91 Å². The summed E-state index contributed by atoms with van der Waals surface area (Å²) in [5, 5.41) is 9.02. The summed E-state index contributed by atoms with van der Waals surface area (Å²) in [5.74, 6) is -2.01. The second kappa shape index (κ2) is 5.06. The smallest absolute Gasteiger partial charge is 0.326 e. The minimum absolute atomic E-state index is 0.0750. The maximum absolute atomic E-state index is 13.3. The first-order chi connectivity index (χ1) is 8.52. The topological polar surface area (TPSA) is 57.6 Å². The Hall–Kier alpha value is -1.43. The van der Waals surface area contributed by atoms with Gasteiger partial charge in [-0.15, -0.1) is 0 Å². The first-order valence-corrected chi connectivity index (χ1v) is 6.29. The predicted octanol–water partition coefficient (Wildman–Crippen LogP) is 2.28. The van der Waals surface area contributed by atoms with E-state index in [9.17, 15) is 14.0 Å². The number of carboxylic acid groups (broad SMARTS) is 1. The second-order valence-electron chi connectivity index (χ2n) is 4.10. The van der Waals surface area contributed by atoms with Gasteiger partial charge in [-0.1, -0.05) is 6.07 Å². The number of hydrogen-bond donors (Lipinski definition) is 1. The summed E-state index contributed by atoms with van der Waals surface area (Å²) >= 11 is 3.01. The number of hydrogen-bond acceptors (Lipinski definition) is 2. The molecule has 96 valence electrons. The van der Waals surface area contributed by atoms with Gasteiger partial charge in [-0.25, -0.2) is 9.18 Å². The summed E-state index contributed by atoms with van der Waals surface area (Å²) in [4.78, 5) is 24.5. The van der Waals surface area contributed by atoms with Crippen LogP contribution >= 0.6 is 15.9 Å². The maximum atomic E-state index is 13.3. The Morgan fingerprint density at radius 3 is 2.83 bits per heavy atom. The van der Waals surface area contributed by atoms with Crippen LogP contribution in [0.5, 0.6) is 0 Å². The van der Waals surface area contributed by atoms with E-state index in [4.69, 9.17) is 5.11 Å². The Bertz CT molecular complexity index is 506. The fraction of sp³-hybridized carbons (Fsp3) is 0.333. The molecule has 0 saturated carbocycles. The molecule has 1 unspecified atom stereocenters. The number of carbonyl (C=O) groups excluding carboxylic acids is 1. The Morgan fingerprint density at radius 2 is 2.17 bits per heavy atom. The molecule has 1 aliphatic heterocycles. The first-order valence-electron chi connectivity index (χ1n) is 5.50. The third kappa shape index (κ3) is 2.25. The highest BCUT2D eigenvalue weighted by Crippen LogP contribution is 2.26. The number of carboxylic acids is 1. The zero-order valence-electron chi connectivity index (χ0n) is 9.40. The fourth-order valence-corrected chi connectivity index (χ4v) is 2.52. The molecule has 1 saturated heterocycles. The molecule has 1 aromatic rings. The van der Waals surface area contributed by atoms with E-state index in [1.807, 2.05) is 0 Å². The molecule has 0 aromatic heterocycles. The van der Waals surface area contributed by atoms with Gasteiger partial charge in [0, 0.05) is 6.54 Å². The normalized spacial score (nSPS) is 19.0. The monoisotopic (exact) mass is 315 g/mol. The number of carbonyl (C=O) groups is 2. The maximum Gasteiger partial charge on any atom is 0.326 e. The molecule has 1 atom stereocenters. The van der Waals surface area contributed by atoms with Crippen LogP contribution in [0, 0.1) is 5.82 Å². The molecule has 1 amide bonds. The second-order valence-corrected chi connectivity index (χ2v) is 4.89. The van der Waals surface area contributed by atoms with Gasteiger partial charge in [-0.3, -0.25) is 4.79 Å². The van der Waals surface area contributed by atoms with Crippen LogP contribution in [-0.2, 0) is 4.79 Å². The van der Waals surface area contributed by atoms with E-state index in [-0.39, 0.29) is 10.0 Å². The molecule has 0 aliphatic carbocycles. The number of likely N-dealkylation sites (tertiary alicyclic amines) is 1. The molecule has 0 bridgehead atoms. The molecule has 0 spiro atoms. The van der Waals surface area contributed by atoms with Crippen LogP contribution in [-0.4, -0.2) is 34.5 Å². The lowest BCUT2D eigenvalue weighted by atomic mass is 10.1. The molecule has 2 rings (SSSR count). The van der Waals surface area contributed by atoms with Crippen LogP contribution in [0.3, 0.4) is 0 Å². The van der Waals surface area contributed by atoms with E-state index in [0.717, 1.165) is 0 Å². The highest BCUT2D eigenvalue weighted by Gasteiger charge is 2.35. The summed E-state index contributed by atoms with van der Waals surface area (Å²) in [7, 11) is 0. The molecule has 6 heteroatoms. The Labute approximate surface area is 112 Å². The van der Waals surface area contributed by atoms with Crippen molar-refractivity contribution in [3.05, 3.63) is 34.1 Å². The van der Waals surface area contributed by atoms with Crippen molar-refractivity contribution in [3.63, 3.8) is 0 Å². The van der Waals surface area contributed by atoms with Crippen LogP contribution in [0.1, 0.15) is 23.2 Å². The highest BCUT2D eigenvalue weighted by molar-refractivity contribution is 9.10. The molecule has 0 radical (unpaired) electrons. The van der Waals surface area contributed by atoms with Crippen molar-refractivity contribution in [2.45, 2.75) is 18.9 Å². The van der Waals surface area contributed by atoms with Crippen molar-refractivity contribution >= 4 is 27.8 Å². The zero-order valence-corrected chi connectivity index (χ0v) is 11.0. The lowest BCUT2D eigenvalue weighted by Gasteiger charge is -2.22. The van der Waals surface area contributed by atoms with Crippen molar-refractivity contribution < 1.29 is 19.1 Å². The number of rotatable bonds is 2. The minimum Gasteiger partial charge on any atom is -0.480 e. The number of halogens is 2. The van der Waals surface area contributed by atoms with Crippen LogP contribution in [0.25, 0.3) is 0 Å². The van der Waals surface area contributed by atoms with Gasteiger partial charge in [0.1, 0.15) is 11.9 Å². The zero-order chi connectivity index (χ0) is 13.3. The molecule has 1 heterocycles. The van der Waals surface area contributed by atoms with Crippen molar-refractivity contribution in [2.24, 2.45) is 0 Å². The average molecular weight is 316 g/mol. The number of benzene rings is 1. The van der Waals surface area contributed by atoms with Crippen molar-refractivity contribution in [1.82, 2.24) is 4.90 Å². The predicted molar refractivity (Wildman–Crippen MR) is 65.8 cm³/mol. The lowest BCUT2D eigenvalue weighted by molar-refractivity contribution is -0.141. The molecular formula is C12H11BrFNO3. The van der Waals surface area contributed by atoms with E-state index in [1.54, 1.807) is 0 Å². The molecule has 1 aromatic carbocycles. The van der Waals surface area contributed by atoms with Gasteiger partial charge >= 0.3 is 5.97 Å². The van der Waals surface area contributed by atoms with E-state index in [2.05, 4.69) is 15.9 Å². The molecular weight excluding hydrogens is 305 g/mol. The van der Waals surface area contributed by atoms with Gasteiger partial charge in [0.05, 0.1) is 10.0 Å². The van der Waals surface area contributed by atoms with Crippen LogP contribution in [0.4, 0.5) is 4.39 Å². The average Bonchev–Trinajstić information content (AvgIpc) is 2.81. The van der Waals surface area contributed by atoms with E-state index in [0.29, 0.717) is 19.4 Å². The SMILES string of the molecule is O=C(O)C1CCCN1C(=O)c1cccc(F)c1Br. The van der Waals surface area contributed by atoms with Gasteiger partial charge in [0.2, 0.25) is 0 Å². The fourth-order valence-electron chi connectivity index (χ4n) is 2.09. The van der Waals surface area contributed by atoms with Crippen LogP contribution in [0.15, 0.2) is 22.7 Å². The number of amides is 1. The van der Waals surface area contributed by atoms with E-state index >= 15 is 0 Å². The van der Waals surface area contributed by atoms with Crippen molar-refractivity contribution in [1.29, 1.82) is 0 Å². The van der Waals surface area contributed by atoms with E-state index < -0.39 is 23.7 Å². The molecule has 1 fully saturated rings. The van der Waals surface area contributed by atoms with Crippen LogP contribution < -0.4 is 0 Å². The van der Waals surface area contributed by atoms with Gasteiger partial charge in [-0.05, 0) is 40.9 Å². The summed E-state index contributed by atoms with van der Waals surface area (Å²) in [6.45, 7) is 0.388.